The average molecular weight is 309 g/mol. The highest BCUT2D eigenvalue weighted by Gasteiger charge is 2.37. The van der Waals surface area contributed by atoms with Gasteiger partial charge in [-0.05, 0) is 83.0 Å². The van der Waals surface area contributed by atoms with Crippen LogP contribution >= 0.6 is 0 Å². The molecule has 2 N–H and O–H groups in total. The normalized spacial score (nSPS) is 44.2. The highest BCUT2D eigenvalue weighted by Crippen LogP contribution is 2.37. The van der Waals surface area contributed by atoms with Crippen molar-refractivity contribution in [3.8, 4) is 0 Å². The summed E-state index contributed by atoms with van der Waals surface area (Å²) < 4.78 is 0. The quantitative estimate of drug-likeness (QED) is 0.839. The number of nitrogens with zero attached hydrogens (tertiary/aromatic N) is 1. The maximum absolute atomic E-state index is 9.85. The van der Waals surface area contributed by atoms with E-state index >= 15 is 0 Å². The second-order valence-corrected chi connectivity index (χ2v) is 8.29. The molecule has 3 heteroatoms. The molecule has 0 aromatic rings. The zero-order valence-corrected chi connectivity index (χ0v) is 14.3. The molecular weight excluding hydrogens is 274 g/mol. The van der Waals surface area contributed by atoms with Gasteiger partial charge in [0.15, 0.2) is 0 Å². The van der Waals surface area contributed by atoms with Crippen molar-refractivity contribution in [1.82, 2.24) is 4.90 Å². The summed E-state index contributed by atoms with van der Waals surface area (Å²) >= 11 is 0. The lowest BCUT2D eigenvalue weighted by Crippen LogP contribution is -2.53. The van der Waals surface area contributed by atoms with Gasteiger partial charge in [0.1, 0.15) is 0 Å². The van der Waals surface area contributed by atoms with Gasteiger partial charge < -0.3 is 10.2 Å². The van der Waals surface area contributed by atoms with Gasteiger partial charge in [-0.25, -0.2) is 0 Å². The number of rotatable bonds is 3. The molecule has 0 aromatic heterocycles. The van der Waals surface area contributed by atoms with Gasteiger partial charge in [0.05, 0.1) is 12.2 Å². The highest BCUT2D eigenvalue weighted by molar-refractivity contribution is 4.92. The van der Waals surface area contributed by atoms with Crippen LogP contribution in [0, 0.1) is 5.92 Å². The van der Waals surface area contributed by atoms with E-state index in [-0.39, 0.29) is 12.2 Å². The Morgan fingerprint density at radius 2 is 0.864 bits per heavy atom. The molecule has 0 spiro atoms. The molecular formula is C19H35NO2. The molecule has 0 bridgehead atoms. The molecule has 3 aliphatic rings. The summed E-state index contributed by atoms with van der Waals surface area (Å²) in [6.07, 6.45) is 14.0. The second kappa shape index (κ2) is 7.63. The van der Waals surface area contributed by atoms with E-state index in [2.05, 4.69) is 11.8 Å². The average Bonchev–Trinajstić information content (AvgIpc) is 2.53. The Kier molecular flexibility index (Phi) is 5.80. The number of hydrogen-bond acceptors (Lipinski definition) is 3. The van der Waals surface area contributed by atoms with Crippen molar-refractivity contribution in [1.29, 1.82) is 0 Å². The lowest BCUT2D eigenvalue weighted by molar-refractivity contribution is -0.0170. The van der Waals surface area contributed by atoms with Crippen LogP contribution in [0.15, 0.2) is 0 Å². The molecule has 0 heterocycles. The summed E-state index contributed by atoms with van der Waals surface area (Å²) in [4.78, 5) is 2.88. The third-order valence-electron chi connectivity index (χ3n) is 6.58. The Bertz CT molecular complexity index is 272. The Hall–Kier alpha value is -0.120. The van der Waals surface area contributed by atoms with E-state index < -0.39 is 0 Å². The molecule has 0 atom stereocenters. The van der Waals surface area contributed by atoms with Crippen LogP contribution in [-0.4, -0.2) is 45.4 Å². The van der Waals surface area contributed by atoms with Crippen LogP contribution in [0.4, 0.5) is 0 Å². The zero-order valence-electron chi connectivity index (χ0n) is 14.3. The summed E-state index contributed by atoms with van der Waals surface area (Å²) in [6, 6.07) is 2.13. The topological polar surface area (TPSA) is 43.7 Å². The highest BCUT2D eigenvalue weighted by atomic mass is 16.3. The van der Waals surface area contributed by atoms with Gasteiger partial charge >= 0.3 is 0 Å². The van der Waals surface area contributed by atoms with Gasteiger partial charge in [0.25, 0.3) is 0 Å². The Labute approximate surface area is 136 Å². The van der Waals surface area contributed by atoms with E-state index in [1.807, 2.05) is 0 Å². The van der Waals surface area contributed by atoms with Crippen molar-refractivity contribution in [2.45, 2.75) is 114 Å². The molecule has 3 saturated carbocycles. The van der Waals surface area contributed by atoms with Crippen LogP contribution in [0.25, 0.3) is 0 Å². The van der Waals surface area contributed by atoms with E-state index in [1.54, 1.807) is 0 Å². The fraction of sp³-hybridized carbons (Fsp3) is 1.00. The fourth-order valence-electron chi connectivity index (χ4n) is 5.15. The van der Waals surface area contributed by atoms with Crippen LogP contribution in [0.2, 0.25) is 0 Å². The first kappa shape index (κ1) is 16.7. The second-order valence-electron chi connectivity index (χ2n) is 8.29. The third-order valence-corrected chi connectivity index (χ3v) is 6.58. The van der Waals surface area contributed by atoms with E-state index in [0.717, 1.165) is 37.6 Å². The Balaban J connectivity index is 1.67. The minimum Gasteiger partial charge on any atom is -0.393 e. The molecule has 3 rings (SSSR count). The lowest BCUT2D eigenvalue weighted by Gasteiger charge is -2.48. The number of hydrogen-bond donors (Lipinski definition) is 2. The van der Waals surface area contributed by atoms with Crippen LogP contribution in [0.1, 0.15) is 84.0 Å². The fourth-order valence-corrected chi connectivity index (χ4v) is 5.15. The summed E-state index contributed by atoms with van der Waals surface area (Å²) in [5.74, 6) is 0.902. The lowest BCUT2D eigenvalue weighted by atomic mass is 9.81. The van der Waals surface area contributed by atoms with Gasteiger partial charge in [0.2, 0.25) is 0 Å². The van der Waals surface area contributed by atoms with Crippen molar-refractivity contribution < 1.29 is 10.2 Å². The SMILES string of the molecule is CC1CCC(N(C2CCC(O)CC2)C2CCC(O)CC2)CC1. The molecule has 0 unspecified atom stereocenters. The number of aliphatic hydroxyl groups excluding tert-OH is 2. The molecule has 22 heavy (non-hydrogen) atoms. The van der Waals surface area contributed by atoms with Crippen LogP contribution in [0.5, 0.6) is 0 Å². The molecule has 0 amide bonds. The van der Waals surface area contributed by atoms with E-state index in [0.29, 0.717) is 12.1 Å². The van der Waals surface area contributed by atoms with Crippen molar-refractivity contribution >= 4 is 0 Å². The molecule has 0 radical (unpaired) electrons. The summed E-state index contributed by atoms with van der Waals surface area (Å²) in [5.41, 5.74) is 0. The molecule has 128 valence electrons. The predicted molar refractivity (Wildman–Crippen MR) is 89.8 cm³/mol. The van der Waals surface area contributed by atoms with Crippen LogP contribution < -0.4 is 0 Å². The van der Waals surface area contributed by atoms with E-state index in [9.17, 15) is 10.2 Å². The summed E-state index contributed by atoms with van der Waals surface area (Å²) in [5, 5.41) is 19.7. The Morgan fingerprint density at radius 1 is 0.545 bits per heavy atom. The van der Waals surface area contributed by atoms with Gasteiger partial charge in [0, 0.05) is 18.1 Å². The third kappa shape index (κ3) is 4.04. The minimum atomic E-state index is -0.0577. The minimum absolute atomic E-state index is 0.0577. The Morgan fingerprint density at radius 3 is 1.23 bits per heavy atom. The predicted octanol–water partition coefficient (Wildman–Crippen LogP) is 3.47. The van der Waals surface area contributed by atoms with Crippen molar-refractivity contribution in [3.05, 3.63) is 0 Å². The smallest absolute Gasteiger partial charge is 0.0541 e. The molecule has 3 aliphatic carbocycles. The van der Waals surface area contributed by atoms with Crippen LogP contribution in [0.3, 0.4) is 0 Å². The van der Waals surface area contributed by atoms with Gasteiger partial charge in [-0.1, -0.05) is 6.92 Å². The maximum Gasteiger partial charge on any atom is 0.0541 e. The first-order valence-corrected chi connectivity index (χ1v) is 9.77. The number of aliphatic hydroxyl groups is 2. The van der Waals surface area contributed by atoms with E-state index in [4.69, 9.17) is 0 Å². The molecule has 3 nitrogen and oxygen atoms in total. The first-order chi connectivity index (χ1) is 10.6. The first-order valence-electron chi connectivity index (χ1n) is 9.77. The maximum atomic E-state index is 9.85. The van der Waals surface area contributed by atoms with Crippen molar-refractivity contribution in [2.24, 2.45) is 5.92 Å². The summed E-state index contributed by atoms with van der Waals surface area (Å²) in [6.45, 7) is 2.40. The van der Waals surface area contributed by atoms with Gasteiger partial charge in [-0.2, -0.15) is 0 Å². The largest absolute Gasteiger partial charge is 0.393 e. The molecule has 0 aliphatic heterocycles. The monoisotopic (exact) mass is 309 g/mol. The summed E-state index contributed by atoms with van der Waals surface area (Å²) in [7, 11) is 0. The molecule has 0 saturated heterocycles. The van der Waals surface area contributed by atoms with Crippen molar-refractivity contribution in [3.63, 3.8) is 0 Å². The van der Waals surface area contributed by atoms with Crippen molar-refractivity contribution in [2.75, 3.05) is 0 Å². The van der Waals surface area contributed by atoms with E-state index in [1.165, 1.54) is 51.4 Å². The van der Waals surface area contributed by atoms with Gasteiger partial charge in [-0.3, -0.25) is 4.90 Å². The molecule has 3 fully saturated rings. The van der Waals surface area contributed by atoms with Crippen LogP contribution in [-0.2, 0) is 0 Å². The zero-order chi connectivity index (χ0) is 15.5. The standard InChI is InChI=1S/C19H35NO2/c1-14-2-4-15(5-3-14)20(16-6-10-18(21)11-7-16)17-8-12-19(22)13-9-17/h14-19,21-22H,2-13H2,1H3. The molecule has 0 aromatic carbocycles. The van der Waals surface area contributed by atoms with Gasteiger partial charge in [-0.15, -0.1) is 0 Å².